The smallest absolute Gasteiger partial charge is 0.321 e. The van der Waals surface area contributed by atoms with E-state index in [1.54, 1.807) is 28.1 Å². The molecule has 2 aliphatic rings. The Balaban J connectivity index is 1.39. The second-order valence-corrected chi connectivity index (χ2v) is 7.98. The molecule has 2 fully saturated rings. The third-order valence-electron chi connectivity index (χ3n) is 5.65. The fraction of sp³-hybridized carbons (Fsp3) is 0.435. The maximum absolute atomic E-state index is 12.9. The van der Waals surface area contributed by atoms with Crippen LogP contribution in [0, 0.1) is 13.8 Å². The first-order chi connectivity index (χ1) is 15.0. The molecular formula is C23H28N4O4. The third kappa shape index (κ3) is 4.96. The van der Waals surface area contributed by atoms with Crippen LogP contribution in [-0.2, 0) is 4.74 Å². The van der Waals surface area contributed by atoms with E-state index in [4.69, 9.17) is 9.47 Å². The molecule has 3 heterocycles. The van der Waals surface area contributed by atoms with Crippen molar-refractivity contribution in [2.45, 2.75) is 26.4 Å². The lowest BCUT2D eigenvalue weighted by molar-refractivity contribution is 0.0298. The van der Waals surface area contributed by atoms with Crippen LogP contribution in [0.25, 0.3) is 0 Å². The number of carbonyl (C=O) groups excluding carboxylic acids is 2. The number of anilines is 1. The van der Waals surface area contributed by atoms with E-state index in [2.05, 4.69) is 10.3 Å². The van der Waals surface area contributed by atoms with Crippen LogP contribution in [0.3, 0.4) is 0 Å². The number of hydrogen-bond acceptors (Lipinski definition) is 5. The van der Waals surface area contributed by atoms with Gasteiger partial charge in [-0.3, -0.25) is 4.79 Å². The van der Waals surface area contributed by atoms with E-state index in [9.17, 15) is 9.59 Å². The van der Waals surface area contributed by atoms with Gasteiger partial charge in [0.15, 0.2) is 0 Å². The summed E-state index contributed by atoms with van der Waals surface area (Å²) in [5, 5.41) is 2.99. The van der Waals surface area contributed by atoms with Crippen molar-refractivity contribution in [3.63, 3.8) is 0 Å². The number of likely N-dealkylation sites (tertiary alicyclic amines) is 1. The first-order valence-electron chi connectivity index (χ1n) is 10.6. The number of rotatable bonds is 4. The van der Waals surface area contributed by atoms with E-state index in [1.165, 1.54) is 0 Å². The van der Waals surface area contributed by atoms with Gasteiger partial charge >= 0.3 is 6.03 Å². The second kappa shape index (κ2) is 9.34. The molecule has 3 amide bonds. The maximum Gasteiger partial charge on any atom is 0.321 e. The van der Waals surface area contributed by atoms with Gasteiger partial charge in [-0.25, -0.2) is 9.78 Å². The minimum atomic E-state index is -0.213. The SMILES string of the molecule is Cc1ccc(C)c(NC(=O)N2CCC(Oc3ncccc3C(=O)N3CCOCC3)C2)c1. The Kier molecular flexibility index (Phi) is 6.36. The van der Waals surface area contributed by atoms with Gasteiger partial charge in [-0.2, -0.15) is 0 Å². The molecule has 1 aromatic carbocycles. The second-order valence-electron chi connectivity index (χ2n) is 7.98. The summed E-state index contributed by atoms with van der Waals surface area (Å²) in [6.45, 7) is 7.19. The number of morpholine rings is 1. The van der Waals surface area contributed by atoms with Gasteiger partial charge in [0.1, 0.15) is 11.7 Å². The van der Waals surface area contributed by atoms with Gasteiger partial charge in [-0.1, -0.05) is 12.1 Å². The lowest BCUT2D eigenvalue weighted by Gasteiger charge is -2.27. The highest BCUT2D eigenvalue weighted by molar-refractivity contribution is 5.96. The number of carbonyl (C=O) groups is 2. The minimum Gasteiger partial charge on any atom is -0.472 e. The van der Waals surface area contributed by atoms with E-state index in [-0.39, 0.29) is 18.0 Å². The zero-order chi connectivity index (χ0) is 21.8. The summed E-state index contributed by atoms with van der Waals surface area (Å²) in [7, 11) is 0. The van der Waals surface area contributed by atoms with Crippen molar-refractivity contribution in [1.82, 2.24) is 14.8 Å². The highest BCUT2D eigenvalue weighted by Gasteiger charge is 2.30. The summed E-state index contributed by atoms with van der Waals surface area (Å²) >= 11 is 0. The summed E-state index contributed by atoms with van der Waals surface area (Å²) in [5.41, 5.74) is 3.38. The average molecular weight is 425 g/mol. The van der Waals surface area contributed by atoms with Crippen LogP contribution >= 0.6 is 0 Å². The minimum absolute atomic E-state index is 0.103. The number of hydrogen-bond donors (Lipinski definition) is 1. The summed E-state index contributed by atoms with van der Waals surface area (Å²) in [5.74, 6) is 0.217. The zero-order valence-corrected chi connectivity index (χ0v) is 18.0. The number of nitrogens with zero attached hydrogens (tertiary/aromatic N) is 3. The molecule has 31 heavy (non-hydrogen) atoms. The zero-order valence-electron chi connectivity index (χ0n) is 18.0. The number of nitrogens with one attached hydrogen (secondary N) is 1. The Morgan fingerprint density at radius 2 is 1.94 bits per heavy atom. The van der Waals surface area contributed by atoms with E-state index < -0.39 is 0 Å². The van der Waals surface area contributed by atoms with Crippen LogP contribution in [0.5, 0.6) is 5.88 Å². The van der Waals surface area contributed by atoms with Crippen molar-refractivity contribution in [3.8, 4) is 5.88 Å². The molecule has 0 saturated carbocycles. The third-order valence-corrected chi connectivity index (χ3v) is 5.65. The largest absolute Gasteiger partial charge is 0.472 e. The quantitative estimate of drug-likeness (QED) is 0.816. The molecule has 8 nitrogen and oxygen atoms in total. The molecule has 2 aliphatic heterocycles. The lowest BCUT2D eigenvalue weighted by atomic mass is 10.1. The number of urea groups is 1. The first-order valence-corrected chi connectivity index (χ1v) is 10.6. The van der Waals surface area contributed by atoms with E-state index in [0.29, 0.717) is 57.3 Å². The average Bonchev–Trinajstić information content (AvgIpc) is 3.25. The van der Waals surface area contributed by atoms with Crippen LogP contribution in [0.15, 0.2) is 36.5 Å². The van der Waals surface area contributed by atoms with Crippen LogP contribution < -0.4 is 10.1 Å². The van der Waals surface area contributed by atoms with Gasteiger partial charge in [0.25, 0.3) is 5.91 Å². The van der Waals surface area contributed by atoms with Crippen LogP contribution in [0.1, 0.15) is 27.9 Å². The molecule has 164 valence electrons. The maximum atomic E-state index is 12.9. The number of aromatic nitrogens is 1. The van der Waals surface area contributed by atoms with Crippen molar-refractivity contribution in [3.05, 3.63) is 53.2 Å². The molecule has 4 rings (SSSR count). The van der Waals surface area contributed by atoms with Crippen molar-refractivity contribution in [2.24, 2.45) is 0 Å². The van der Waals surface area contributed by atoms with E-state index >= 15 is 0 Å². The van der Waals surface area contributed by atoms with Gasteiger partial charge in [-0.15, -0.1) is 0 Å². The number of aryl methyl sites for hydroxylation is 2. The molecule has 0 spiro atoms. The Bertz CT molecular complexity index is 958. The van der Waals surface area contributed by atoms with E-state index in [1.807, 2.05) is 32.0 Å². The topological polar surface area (TPSA) is 84.0 Å². The van der Waals surface area contributed by atoms with Crippen molar-refractivity contribution in [2.75, 3.05) is 44.7 Å². The molecule has 1 aromatic heterocycles. The highest BCUT2D eigenvalue weighted by Crippen LogP contribution is 2.23. The van der Waals surface area contributed by atoms with Gasteiger partial charge in [0.05, 0.1) is 19.8 Å². The fourth-order valence-electron chi connectivity index (χ4n) is 3.82. The normalized spacial score (nSPS) is 18.7. The van der Waals surface area contributed by atoms with Crippen LogP contribution in [0.2, 0.25) is 0 Å². The predicted octanol–water partition coefficient (Wildman–Crippen LogP) is 2.86. The predicted molar refractivity (Wildman–Crippen MR) is 117 cm³/mol. The molecule has 1 atom stereocenters. The van der Waals surface area contributed by atoms with Gasteiger partial charge in [-0.05, 0) is 43.2 Å². The molecule has 0 bridgehead atoms. The molecule has 2 aromatic rings. The molecule has 0 radical (unpaired) electrons. The van der Waals surface area contributed by atoms with Gasteiger partial charge in [0.2, 0.25) is 5.88 Å². The fourth-order valence-corrected chi connectivity index (χ4v) is 3.82. The van der Waals surface area contributed by atoms with Gasteiger partial charge in [0, 0.05) is 37.9 Å². The van der Waals surface area contributed by atoms with Crippen LogP contribution in [0.4, 0.5) is 10.5 Å². The summed E-state index contributed by atoms with van der Waals surface area (Å²) in [6.07, 6.45) is 2.09. The van der Waals surface area contributed by atoms with Crippen LogP contribution in [-0.4, -0.2) is 72.2 Å². The molecule has 2 saturated heterocycles. The Hall–Kier alpha value is -3.13. The number of amides is 3. The van der Waals surface area contributed by atoms with Crippen molar-refractivity contribution >= 4 is 17.6 Å². The standard InChI is InChI=1S/C23H28N4O4/c1-16-5-6-17(2)20(14-16)25-23(29)27-9-7-18(15-27)31-21-19(4-3-8-24-21)22(28)26-10-12-30-13-11-26/h3-6,8,14,18H,7,9-13,15H2,1-2H3,(H,25,29). The number of pyridine rings is 1. The summed E-state index contributed by atoms with van der Waals surface area (Å²) in [4.78, 5) is 33.4. The molecule has 1 unspecified atom stereocenters. The Morgan fingerprint density at radius 3 is 2.74 bits per heavy atom. The first kappa shape index (κ1) is 21.1. The molecule has 8 heteroatoms. The lowest BCUT2D eigenvalue weighted by Crippen LogP contribution is -2.41. The Morgan fingerprint density at radius 1 is 1.13 bits per heavy atom. The molecule has 1 N–H and O–H groups in total. The molecule has 0 aliphatic carbocycles. The number of ether oxygens (including phenoxy) is 2. The summed E-state index contributed by atoms with van der Waals surface area (Å²) in [6, 6.07) is 9.31. The summed E-state index contributed by atoms with van der Waals surface area (Å²) < 4.78 is 11.4. The number of benzene rings is 1. The Labute approximate surface area is 182 Å². The monoisotopic (exact) mass is 424 g/mol. The molecular weight excluding hydrogens is 396 g/mol. The van der Waals surface area contributed by atoms with E-state index in [0.717, 1.165) is 16.8 Å². The van der Waals surface area contributed by atoms with Crippen molar-refractivity contribution < 1.29 is 19.1 Å². The highest BCUT2D eigenvalue weighted by atomic mass is 16.5. The van der Waals surface area contributed by atoms with Gasteiger partial charge < -0.3 is 24.6 Å². The van der Waals surface area contributed by atoms with Crippen molar-refractivity contribution in [1.29, 1.82) is 0 Å².